The normalized spacial score (nSPS) is 12.8. The molecule has 0 aliphatic carbocycles. The molecule has 1 atom stereocenters. The predicted octanol–water partition coefficient (Wildman–Crippen LogP) is 5.38. The van der Waals surface area contributed by atoms with Crippen LogP contribution in [0.25, 0.3) is 10.8 Å². The van der Waals surface area contributed by atoms with Crippen molar-refractivity contribution >= 4 is 22.4 Å². The van der Waals surface area contributed by atoms with E-state index in [0.717, 1.165) is 16.9 Å². The zero-order valence-electron chi connectivity index (χ0n) is 11.0. The van der Waals surface area contributed by atoms with Gasteiger partial charge >= 0.3 is 0 Å². The van der Waals surface area contributed by atoms with E-state index in [1.54, 1.807) is 6.26 Å². The summed E-state index contributed by atoms with van der Waals surface area (Å²) in [4.78, 5) is 0. The van der Waals surface area contributed by atoms with Gasteiger partial charge in [-0.25, -0.2) is 0 Å². The zero-order valence-corrected chi connectivity index (χ0v) is 11.7. The monoisotopic (exact) mass is 270 g/mol. The Morgan fingerprint density at radius 3 is 2.32 bits per heavy atom. The van der Waals surface area contributed by atoms with Crippen LogP contribution in [-0.2, 0) is 0 Å². The maximum atomic E-state index is 6.65. The summed E-state index contributed by atoms with van der Waals surface area (Å²) in [5.74, 6) is 0.879. The molecule has 3 aromatic rings. The highest BCUT2D eigenvalue weighted by Crippen LogP contribution is 2.36. The molecule has 1 unspecified atom stereocenters. The van der Waals surface area contributed by atoms with Crippen LogP contribution in [0.15, 0.2) is 53.1 Å². The first-order chi connectivity index (χ1) is 9.18. The maximum Gasteiger partial charge on any atom is 0.105 e. The van der Waals surface area contributed by atoms with E-state index < -0.39 is 0 Å². The molecular weight excluding hydrogens is 256 g/mol. The quantitative estimate of drug-likeness (QED) is 0.570. The molecule has 2 heteroatoms. The summed E-state index contributed by atoms with van der Waals surface area (Å²) >= 11 is 6.65. The average Bonchev–Trinajstić information content (AvgIpc) is 2.85. The Labute approximate surface area is 117 Å². The Kier molecular flexibility index (Phi) is 3.08. The van der Waals surface area contributed by atoms with Crippen LogP contribution in [-0.4, -0.2) is 0 Å². The standard InChI is InChI=1S/C17H15ClO/c1-11-7-8-16(15-6-4-3-5-13(11)15)17(18)14-9-10-19-12(14)2/h3-10,17H,1-2H3. The third-order valence-electron chi connectivity index (χ3n) is 3.62. The summed E-state index contributed by atoms with van der Waals surface area (Å²) in [6.07, 6.45) is 1.69. The first-order valence-corrected chi connectivity index (χ1v) is 6.78. The van der Waals surface area contributed by atoms with Crippen molar-refractivity contribution in [1.29, 1.82) is 0 Å². The van der Waals surface area contributed by atoms with Gasteiger partial charge in [-0.05, 0) is 41.8 Å². The van der Waals surface area contributed by atoms with Crippen LogP contribution in [0.3, 0.4) is 0 Å². The van der Waals surface area contributed by atoms with Gasteiger partial charge in [0, 0.05) is 5.56 Å². The number of alkyl halides is 1. The molecule has 0 spiro atoms. The van der Waals surface area contributed by atoms with E-state index in [2.05, 4.69) is 43.3 Å². The van der Waals surface area contributed by atoms with E-state index >= 15 is 0 Å². The number of rotatable bonds is 2. The lowest BCUT2D eigenvalue weighted by Crippen LogP contribution is -1.95. The largest absolute Gasteiger partial charge is 0.469 e. The lowest BCUT2D eigenvalue weighted by molar-refractivity contribution is 0.530. The molecule has 0 radical (unpaired) electrons. The molecule has 0 saturated heterocycles. The highest BCUT2D eigenvalue weighted by molar-refractivity contribution is 6.23. The Balaban J connectivity index is 2.21. The van der Waals surface area contributed by atoms with Crippen LogP contribution in [0.2, 0.25) is 0 Å². The van der Waals surface area contributed by atoms with Gasteiger partial charge in [-0.1, -0.05) is 36.4 Å². The van der Waals surface area contributed by atoms with E-state index in [9.17, 15) is 0 Å². The highest BCUT2D eigenvalue weighted by Gasteiger charge is 2.17. The Bertz CT molecular complexity index is 727. The molecule has 0 saturated carbocycles. The van der Waals surface area contributed by atoms with Crippen LogP contribution in [0.1, 0.15) is 27.8 Å². The predicted molar refractivity (Wildman–Crippen MR) is 79.8 cm³/mol. The molecule has 0 N–H and O–H groups in total. The van der Waals surface area contributed by atoms with Gasteiger partial charge in [0.15, 0.2) is 0 Å². The Morgan fingerprint density at radius 1 is 0.895 bits per heavy atom. The second-order valence-corrected chi connectivity index (χ2v) is 5.25. The van der Waals surface area contributed by atoms with E-state index in [-0.39, 0.29) is 5.38 Å². The van der Waals surface area contributed by atoms with Gasteiger partial charge in [-0.2, -0.15) is 0 Å². The molecule has 1 nitrogen and oxygen atoms in total. The van der Waals surface area contributed by atoms with Gasteiger partial charge in [0.1, 0.15) is 5.76 Å². The summed E-state index contributed by atoms with van der Waals surface area (Å²) in [6, 6.07) is 14.6. The molecule has 0 aliphatic rings. The van der Waals surface area contributed by atoms with Crippen molar-refractivity contribution < 1.29 is 4.42 Å². The molecule has 0 aliphatic heterocycles. The van der Waals surface area contributed by atoms with E-state index in [1.807, 2.05) is 13.0 Å². The minimum atomic E-state index is -0.177. The Hall–Kier alpha value is -1.73. The van der Waals surface area contributed by atoms with Crippen molar-refractivity contribution in [3.05, 3.63) is 71.2 Å². The van der Waals surface area contributed by atoms with Crippen molar-refractivity contribution in [2.24, 2.45) is 0 Å². The van der Waals surface area contributed by atoms with Gasteiger partial charge in [0.2, 0.25) is 0 Å². The fraction of sp³-hybridized carbons (Fsp3) is 0.176. The molecule has 1 heterocycles. The second-order valence-electron chi connectivity index (χ2n) is 4.81. The molecule has 0 bridgehead atoms. The number of hydrogen-bond acceptors (Lipinski definition) is 1. The first-order valence-electron chi connectivity index (χ1n) is 6.35. The van der Waals surface area contributed by atoms with E-state index in [0.29, 0.717) is 0 Å². The van der Waals surface area contributed by atoms with Crippen LogP contribution in [0.4, 0.5) is 0 Å². The lowest BCUT2D eigenvalue weighted by atomic mass is 9.96. The van der Waals surface area contributed by atoms with Gasteiger partial charge in [0.25, 0.3) is 0 Å². The Morgan fingerprint density at radius 2 is 1.63 bits per heavy atom. The van der Waals surface area contributed by atoms with E-state index in [1.165, 1.54) is 16.3 Å². The molecule has 96 valence electrons. The summed E-state index contributed by atoms with van der Waals surface area (Å²) in [6.45, 7) is 4.07. The van der Waals surface area contributed by atoms with Crippen LogP contribution >= 0.6 is 11.6 Å². The maximum absolute atomic E-state index is 6.65. The molecule has 1 aromatic heterocycles. The van der Waals surface area contributed by atoms with Crippen molar-refractivity contribution in [3.63, 3.8) is 0 Å². The number of aryl methyl sites for hydroxylation is 2. The fourth-order valence-electron chi connectivity index (χ4n) is 2.52. The number of fused-ring (bicyclic) bond motifs is 1. The van der Waals surface area contributed by atoms with Gasteiger partial charge in [-0.15, -0.1) is 11.6 Å². The first kappa shape index (κ1) is 12.3. The summed E-state index contributed by atoms with van der Waals surface area (Å²) in [7, 11) is 0. The number of benzene rings is 2. The van der Waals surface area contributed by atoms with Crippen LogP contribution < -0.4 is 0 Å². The minimum Gasteiger partial charge on any atom is -0.469 e. The third-order valence-corrected chi connectivity index (χ3v) is 4.09. The lowest BCUT2D eigenvalue weighted by Gasteiger charge is -2.14. The molecule has 0 fully saturated rings. The average molecular weight is 271 g/mol. The molecule has 19 heavy (non-hydrogen) atoms. The topological polar surface area (TPSA) is 13.1 Å². The number of halogens is 1. The van der Waals surface area contributed by atoms with Crippen molar-refractivity contribution in [2.75, 3.05) is 0 Å². The third kappa shape index (κ3) is 2.04. The highest BCUT2D eigenvalue weighted by atomic mass is 35.5. The molecule has 2 aromatic carbocycles. The fourth-order valence-corrected chi connectivity index (χ4v) is 2.94. The summed E-state index contributed by atoms with van der Waals surface area (Å²) in [5.41, 5.74) is 3.44. The van der Waals surface area contributed by atoms with Gasteiger partial charge in [0.05, 0.1) is 11.6 Å². The molecule has 3 rings (SSSR count). The zero-order chi connectivity index (χ0) is 13.4. The summed E-state index contributed by atoms with van der Waals surface area (Å²) in [5, 5.41) is 2.29. The van der Waals surface area contributed by atoms with Crippen molar-refractivity contribution in [3.8, 4) is 0 Å². The van der Waals surface area contributed by atoms with Crippen molar-refractivity contribution in [1.82, 2.24) is 0 Å². The molecular formula is C17H15ClO. The second kappa shape index (κ2) is 4.75. The molecule has 0 amide bonds. The SMILES string of the molecule is Cc1occc1C(Cl)c1ccc(C)c2ccccc12. The number of furan rings is 1. The van der Waals surface area contributed by atoms with E-state index in [4.69, 9.17) is 16.0 Å². The van der Waals surface area contributed by atoms with Gasteiger partial charge < -0.3 is 4.42 Å². The van der Waals surface area contributed by atoms with Crippen LogP contribution in [0.5, 0.6) is 0 Å². The number of hydrogen-bond donors (Lipinski definition) is 0. The van der Waals surface area contributed by atoms with Gasteiger partial charge in [-0.3, -0.25) is 0 Å². The van der Waals surface area contributed by atoms with Crippen LogP contribution in [0, 0.1) is 13.8 Å². The van der Waals surface area contributed by atoms with Crippen molar-refractivity contribution in [2.45, 2.75) is 19.2 Å². The minimum absolute atomic E-state index is 0.177. The summed E-state index contributed by atoms with van der Waals surface area (Å²) < 4.78 is 5.36. The smallest absolute Gasteiger partial charge is 0.105 e.